The van der Waals surface area contributed by atoms with Crippen LogP contribution in [0.15, 0.2) is 48.8 Å². The molecule has 3 N–H and O–H groups in total. The maximum Gasteiger partial charge on any atom is 0.324 e. The van der Waals surface area contributed by atoms with Crippen molar-refractivity contribution in [1.82, 2.24) is 9.97 Å². The molecule has 27 heavy (non-hydrogen) atoms. The molecule has 0 bridgehead atoms. The third-order valence-electron chi connectivity index (χ3n) is 4.66. The fourth-order valence-electron chi connectivity index (χ4n) is 3.14. The van der Waals surface area contributed by atoms with Crippen LogP contribution in [0.25, 0.3) is 10.9 Å². The van der Waals surface area contributed by atoms with Crippen LogP contribution in [-0.2, 0) is 0 Å². The first-order chi connectivity index (χ1) is 13.0. The molecule has 2 amide bonds. The minimum absolute atomic E-state index is 0.152. The van der Waals surface area contributed by atoms with Crippen molar-refractivity contribution >= 4 is 34.1 Å². The molecule has 3 aromatic rings. The van der Waals surface area contributed by atoms with Crippen LogP contribution in [0.2, 0.25) is 0 Å². The molecule has 1 aliphatic heterocycles. The van der Waals surface area contributed by atoms with E-state index in [1.54, 1.807) is 18.3 Å². The number of amides is 2. The van der Waals surface area contributed by atoms with E-state index < -0.39 is 12.0 Å². The lowest BCUT2D eigenvalue weighted by molar-refractivity contribution is -0.0220. The molecule has 6 nitrogen and oxygen atoms in total. The highest BCUT2D eigenvalue weighted by atomic mass is 19.3. The molecule has 0 saturated carbocycles. The van der Waals surface area contributed by atoms with Crippen LogP contribution in [0.3, 0.4) is 0 Å². The van der Waals surface area contributed by atoms with E-state index in [1.807, 2.05) is 35.4 Å². The summed E-state index contributed by atoms with van der Waals surface area (Å²) in [4.78, 5) is 21.3. The van der Waals surface area contributed by atoms with Crippen molar-refractivity contribution in [3.8, 4) is 0 Å². The number of rotatable bonds is 3. The van der Waals surface area contributed by atoms with E-state index >= 15 is 0 Å². The number of carbonyl (C=O) groups is 1. The van der Waals surface area contributed by atoms with Gasteiger partial charge in [-0.3, -0.25) is 5.32 Å². The number of pyridine rings is 1. The second-order valence-electron chi connectivity index (χ2n) is 6.60. The van der Waals surface area contributed by atoms with Gasteiger partial charge in [-0.25, -0.2) is 18.6 Å². The molecule has 0 aliphatic carbocycles. The first-order valence-corrected chi connectivity index (χ1v) is 8.73. The van der Waals surface area contributed by atoms with Crippen LogP contribution in [-0.4, -0.2) is 35.0 Å². The Balaban J connectivity index is 1.35. The van der Waals surface area contributed by atoms with Crippen LogP contribution in [0.5, 0.6) is 0 Å². The maximum absolute atomic E-state index is 13.2. The Kier molecular flexibility index (Phi) is 4.39. The van der Waals surface area contributed by atoms with E-state index in [1.165, 1.54) is 0 Å². The second-order valence-corrected chi connectivity index (χ2v) is 6.60. The molecule has 1 fully saturated rings. The SMILES string of the molecule is O=C(Nc1ccc2cc[nH]c2c1)Nc1ccc(N2CCC(F)(F)CC2)cn1. The van der Waals surface area contributed by atoms with E-state index in [2.05, 4.69) is 20.6 Å². The summed E-state index contributed by atoms with van der Waals surface area (Å²) >= 11 is 0. The molecule has 8 heteroatoms. The average molecular weight is 371 g/mol. The molecule has 0 spiro atoms. The molecule has 140 valence electrons. The Hall–Kier alpha value is -3.16. The van der Waals surface area contributed by atoms with Gasteiger partial charge in [-0.15, -0.1) is 0 Å². The Morgan fingerprint density at radius 2 is 1.93 bits per heavy atom. The summed E-state index contributed by atoms with van der Waals surface area (Å²) in [5.74, 6) is -2.19. The summed E-state index contributed by atoms with van der Waals surface area (Å²) in [5, 5.41) is 6.48. The van der Waals surface area contributed by atoms with Gasteiger partial charge in [0.1, 0.15) is 5.82 Å². The number of aromatic nitrogens is 2. The zero-order valence-electron chi connectivity index (χ0n) is 14.5. The van der Waals surface area contributed by atoms with Crippen LogP contribution >= 0.6 is 0 Å². The Morgan fingerprint density at radius 3 is 2.67 bits per heavy atom. The number of nitrogens with zero attached hydrogens (tertiary/aromatic N) is 2. The lowest BCUT2D eigenvalue weighted by Gasteiger charge is -2.33. The molecule has 1 saturated heterocycles. The first-order valence-electron chi connectivity index (χ1n) is 8.73. The number of piperidine rings is 1. The molecular formula is C19H19F2N5O. The number of alkyl halides is 2. The maximum atomic E-state index is 13.2. The topological polar surface area (TPSA) is 73.1 Å². The quantitative estimate of drug-likeness (QED) is 0.637. The minimum atomic E-state index is -2.58. The van der Waals surface area contributed by atoms with Crippen LogP contribution < -0.4 is 15.5 Å². The highest BCUT2D eigenvalue weighted by Crippen LogP contribution is 2.30. The van der Waals surface area contributed by atoms with E-state index in [0.717, 1.165) is 16.6 Å². The van der Waals surface area contributed by atoms with Crippen LogP contribution in [0.1, 0.15) is 12.8 Å². The zero-order valence-corrected chi connectivity index (χ0v) is 14.5. The van der Waals surface area contributed by atoms with E-state index in [9.17, 15) is 13.6 Å². The number of fused-ring (bicyclic) bond motifs is 1. The molecule has 0 atom stereocenters. The first kappa shape index (κ1) is 17.3. The van der Waals surface area contributed by atoms with Gasteiger partial charge in [0.05, 0.1) is 11.9 Å². The molecule has 2 aromatic heterocycles. The molecule has 1 aromatic carbocycles. The summed E-state index contributed by atoms with van der Waals surface area (Å²) in [6.07, 6.45) is 3.12. The summed E-state index contributed by atoms with van der Waals surface area (Å²) in [6, 6.07) is 10.6. The summed E-state index contributed by atoms with van der Waals surface area (Å²) in [5.41, 5.74) is 2.37. The number of carbonyl (C=O) groups excluding carboxylic acids is 1. The van der Waals surface area contributed by atoms with Gasteiger partial charge >= 0.3 is 6.03 Å². The van der Waals surface area contributed by atoms with Crippen molar-refractivity contribution in [3.05, 3.63) is 48.8 Å². The van der Waals surface area contributed by atoms with Gasteiger partial charge in [0.2, 0.25) is 0 Å². The number of nitrogens with one attached hydrogen (secondary N) is 3. The van der Waals surface area contributed by atoms with E-state index in [-0.39, 0.29) is 12.8 Å². The second kappa shape index (κ2) is 6.86. The number of H-pyrrole nitrogens is 1. The van der Waals surface area contributed by atoms with Crippen molar-refractivity contribution in [1.29, 1.82) is 0 Å². The van der Waals surface area contributed by atoms with Crippen LogP contribution in [0, 0.1) is 0 Å². The van der Waals surface area contributed by atoms with Gasteiger partial charge in [-0.2, -0.15) is 0 Å². The highest BCUT2D eigenvalue weighted by molar-refractivity contribution is 6.00. The predicted molar refractivity (Wildman–Crippen MR) is 102 cm³/mol. The number of anilines is 3. The highest BCUT2D eigenvalue weighted by Gasteiger charge is 2.34. The van der Waals surface area contributed by atoms with Gasteiger partial charge in [-0.1, -0.05) is 6.07 Å². The molecule has 4 rings (SSSR count). The predicted octanol–water partition coefficient (Wildman–Crippen LogP) is 4.44. The molecule has 0 unspecified atom stereocenters. The van der Waals surface area contributed by atoms with Crippen molar-refractivity contribution in [2.45, 2.75) is 18.8 Å². The lowest BCUT2D eigenvalue weighted by atomic mass is 10.1. The third-order valence-corrected chi connectivity index (χ3v) is 4.66. The molecule has 3 heterocycles. The lowest BCUT2D eigenvalue weighted by Crippen LogP contribution is -2.39. The van der Waals surface area contributed by atoms with Gasteiger partial charge in [0.15, 0.2) is 0 Å². The van der Waals surface area contributed by atoms with Gasteiger partial charge in [-0.05, 0) is 35.7 Å². The van der Waals surface area contributed by atoms with E-state index in [0.29, 0.717) is 24.6 Å². The third kappa shape index (κ3) is 3.99. The number of benzene rings is 1. The monoisotopic (exact) mass is 371 g/mol. The largest absolute Gasteiger partial charge is 0.370 e. The summed E-state index contributed by atoms with van der Waals surface area (Å²) in [6.45, 7) is 0.590. The van der Waals surface area contributed by atoms with Gasteiger partial charge < -0.3 is 15.2 Å². The smallest absolute Gasteiger partial charge is 0.324 e. The normalized spacial score (nSPS) is 16.3. The number of hydrogen-bond donors (Lipinski definition) is 3. The molecule has 0 radical (unpaired) electrons. The van der Waals surface area contributed by atoms with Gasteiger partial charge in [0, 0.05) is 43.3 Å². The summed E-state index contributed by atoms with van der Waals surface area (Å²) in [7, 11) is 0. The summed E-state index contributed by atoms with van der Waals surface area (Å²) < 4.78 is 26.5. The number of urea groups is 1. The van der Waals surface area contributed by atoms with Crippen LogP contribution in [0.4, 0.5) is 30.8 Å². The Morgan fingerprint density at radius 1 is 1.11 bits per heavy atom. The fourth-order valence-corrected chi connectivity index (χ4v) is 3.14. The fraction of sp³-hybridized carbons (Fsp3) is 0.263. The van der Waals surface area contributed by atoms with Crippen molar-refractivity contribution in [3.63, 3.8) is 0 Å². The van der Waals surface area contributed by atoms with Crippen molar-refractivity contribution in [2.24, 2.45) is 0 Å². The average Bonchev–Trinajstić information content (AvgIpc) is 3.10. The van der Waals surface area contributed by atoms with Gasteiger partial charge in [0.25, 0.3) is 5.92 Å². The number of hydrogen-bond acceptors (Lipinski definition) is 3. The molecule has 1 aliphatic rings. The van der Waals surface area contributed by atoms with E-state index in [4.69, 9.17) is 0 Å². The number of halogens is 2. The van der Waals surface area contributed by atoms with Crippen molar-refractivity contribution < 1.29 is 13.6 Å². The Bertz CT molecular complexity index is 944. The zero-order chi connectivity index (χ0) is 18.9. The Labute approximate surface area is 154 Å². The minimum Gasteiger partial charge on any atom is -0.370 e. The molecular weight excluding hydrogens is 352 g/mol. The number of aromatic amines is 1. The standard InChI is InChI=1S/C19H19F2N5O/c20-19(21)6-9-26(10-7-19)15-3-4-17(23-12-15)25-18(27)24-14-2-1-13-5-8-22-16(13)11-14/h1-5,8,11-12,22H,6-7,9-10H2,(H2,23,24,25,27). The van der Waals surface area contributed by atoms with Crippen molar-refractivity contribution in [2.75, 3.05) is 28.6 Å².